The van der Waals surface area contributed by atoms with Crippen molar-refractivity contribution in [1.82, 2.24) is 0 Å². The molecule has 0 aromatic heterocycles. The normalized spacial score (nSPS) is 10.6. The maximum Gasteiger partial charge on any atom is 0.303 e. The summed E-state index contributed by atoms with van der Waals surface area (Å²) in [6.07, 6.45) is 0.465. The highest BCUT2D eigenvalue weighted by molar-refractivity contribution is 5.67. The molecule has 0 amide bonds. The van der Waals surface area contributed by atoms with Gasteiger partial charge < -0.3 is 19.3 Å². The minimum absolute atomic E-state index is 0.0565. The summed E-state index contributed by atoms with van der Waals surface area (Å²) in [5.41, 5.74) is 2.01. The minimum Gasteiger partial charge on any atom is -0.497 e. The quantitative estimate of drug-likeness (QED) is 0.642. The van der Waals surface area contributed by atoms with Crippen LogP contribution in [0.2, 0.25) is 0 Å². The molecular formula is C21H26O5. The maximum atomic E-state index is 10.8. The Labute approximate surface area is 154 Å². The Kier molecular flexibility index (Phi) is 7.33. The predicted octanol–water partition coefficient (Wildman–Crippen LogP) is 4.29. The summed E-state index contributed by atoms with van der Waals surface area (Å²) in [6.45, 7) is 5.02. The Morgan fingerprint density at radius 3 is 2.38 bits per heavy atom. The van der Waals surface area contributed by atoms with Gasteiger partial charge in [0.1, 0.15) is 30.5 Å². The second-order valence-corrected chi connectivity index (χ2v) is 6.26. The molecule has 0 aliphatic carbocycles. The van der Waals surface area contributed by atoms with E-state index in [-0.39, 0.29) is 6.42 Å². The lowest BCUT2D eigenvalue weighted by molar-refractivity contribution is -0.136. The van der Waals surface area contributed by atoms with Crippen LogP contribution in [0.1, 0.15) is 37.3 Å². The molecule has 5 nitrogen and oxygen atoms in total. The van der Waals surface area contributed by atoms with Crippen molar-refractivity contribution in [3.05, 3.63) is 53.6 Å². The Hall–Kier alpha value is -2.69. The zero-order chi connectivity index (χ0) is 18.9. The molecule has 0 spiro atoms. The van der Waals surface area contributed by atoms with Crippen LogP contribution in [0.4, 0.5) is 0 Å². The molecule has 0 unspecified atom stereocenters. The number of hydrogen-bond acceptors (Lipinski definition) is 4. The van der Waals surface area contributed by atoms with Crippen LogP contribution >= 0.6 is 0 Å². The molecule has 2 aromatic rings. The molecule has 0 aliphatic heterocycles. The topological polar surface area (TPSA) is 65.0 Å². The van der Waals surface area contributed by atoms with E-state index in [0.29, 0.717) is 37.1 Å². The SMILES string of the molecule is COc1ccc(CCC(=O)O)c(OCCOc2ccccc2C(C)C)c1. The molecule has 26 heavy (non-hydrogen) atoms. The van der Waals surface area contributed by atoms with Crippen LogP contribution < -0.4 is 14.2 Å². The van der Waals surface area contributed by atoms with Gasteiger partial charge in [-0.2, -0.15) is 0 Å². The van der Waals surface area contributed by atoms with Gasteiger partial charge in [0, 0.05) is 12.5 Å². The summed E-state index contributed by atoms with van der Waals surface area (Å²) in [6, 6.07) is 13.4. The molecule has 0 atom stereocenters. The monoisotopic (exact) mass is 358 g/mol. The summed E-state index contributed by atoms with van der Waals surface area (Å²) < 4.78 is 16.9. The second kappa shape index (κ2) is 9.70. The van der Waals surface area contributed by atoms with Crippen LogP contribution in [0, 0.1) is 0 Å². The van der Waals surface area contributed by atoms with E-state index in [1.807, 2.05) is 24.3 Å². The molecule has 0 saturated heterocycles. The van der Waals surface area contributed by atoms with E-state index in [2.05, 4.69) is 19.9 Å². The third kappa shape index (κ3) is 5.69. The van der Waals surface area contributed by atoms with E-state index < -0.39 is 5.97 Å². The van der Waals surface area contributed by atoms with E-state index in [1.165, 1.54) is 0 Å². The van der Waals surface area contributed by atoms with Crippen LogP contribution in [0.15, 0.2) is 42.5 Å². The van der Waals surface area contributed by atoms with E-state index in [9.17, 15) is 4.79 Å². The first-order chi connectivity index (χ1) is 12.5. The molecule has 0 radical (unpaired) electrons. The van der Waals surface area contributed by atoms with E-state index in [1.54, 1.807) is 19.2 Å². The zero-order valence-corrected chi connectivity index (χ0v) is 15.5. The lowest BCUT2D eigenvalue weighted by atomic mass is 10.0. The molecule has 0 saturated carbocycles. The Morgan fingerprint density at radius 1 is 1.04 bits per heavy atom. The summed E-state index contributed by atoms with van der Waals surface area (Å²) in [5, 5.41) is 8.89. The number of rotatable bonds is 10. The fourth-order valence-corrected chi connectivity index (χ4v) is 2.64. The Bertz CT molecular complexity index is 724. The molecular weight excluding hydrogens is 332 g/mol. The first-order valence-corrected chi connectivity index (χ1v) is 8.74. The molecule has 0 fully saturated rings. The first kappa shape index (κ1) is 19.6. The maximum absolute atomic E-state index is 10.8. The van der Waals surface area contributed by atoms with Crippen LogP contribution in [-0.4, -0.2) is 31.4 Å². The van der Waals surface area contributed by atoms with E-state index >= 15 is 0 Å². The molecule has 5 heteroatoms. The van der Waals surface area contributed by atoms with Gasteiger partial charge in [-0.3, -0.25) is 4.79 Å². The van der Waals surface area contributed by atoms with Crippen molar-refractivity contribution < 1.29 is 24.1 Å². The Morgan fingerprint density at radius 2 is 1.73 bits per heavy atom. The smallest absolute Gasteiger partial charge is 0.303 e. The van der Waals surface area contributed by atoms with Crippen molar-refractivity contribution in [2.75, 3.05) is 20.3 Å². The van der Waals surface area contributed by atoms with Gasteiger partial charge >= 0.3 is 5.97 Å². The number of carboxylic acid groups (broad SMARTS) is 1. The van der Waals surface area contributed by atoms with Gasteiger partial charge in [0.25, 0.3) is 0 Å². The largest absolute Gasteiger partial charge is 0.497 e. The van der Waals surface area contributed by atoms with Crippen molar-refractivity contribution in [1.29, 1.82) is 0 Å². The van der Waals surface area contributed by atoms with Gasteiger partial charge in [0.05, 0.1) is 7.11 Å². The van der Waals surface area contributed by atoms with Gasteiger partial charge in [-0.1, -0.05) is 38.1 Å². The van der Waals surface area contributed by atoms with E-state index in [0.717, 1.165) is 16.9 Å². The number of benzene rings is 2. The molecule has 140 valence electrons. The van der Waals surface area contributed by atoms with Crippen LogP contribution in [0.3, 0.4) is 0 Å². The fourth-order valence-electron chi connectivity index (χ4n) is 2.64. The highest BCUT2D eigenvalue weighted by atomic mass is 16.5. The highest BCUT2D eigenvalue weighted by Crippen LogP contribution is 2.27. The van der Waals surface area contributed by atoms with Gasteiger partial charge in [0.2, 0.25) is 0 Å². The minimum atomic E-state index is -0.833. The molecule has 0 heterocycles. The van der Waals surface area contributed by atoms with Gasteiger partial charge in [-0.25, -0.2) is 0 Å². The van der Waals surface area contributed by atoms with Gasteiger partial charge in [0.15, 0.2) is 0 Å². The molecule has 1 N–H and O–H groups in total. The van der Waals surface area contributed by atoms with Crippen molar-refractivity contribution in [3.63, 3.8) is 0 Å². The number of carboxylic acids is 1. The predicted molar refractivity (Wildman–Crippen MR) is 100 cm³/mol. The van der Waals surface area contributed by atoms with Crippen molar-refractivity contribution in [3.8, 4) is 17.2 Å². The fraction of sp³-hybridized carbons (Fsp3) is 0.381. The third-order valence-corrected chi connectivity index (χ3v) is 4.02. The molecule has 2 aromatic carbocycles. The van der Waals surface area contributed by atoms with Crippen molar-refractivity contribution >= 4 is 5.97 Å². The third-order valence-electron chi connectivity index (χ3n) is 4.02. The number of aliphatic carboxylic acids is 1. The number of aryl methyl sites for hydroxylation is 1. The number of hydrogen-bond donors (Lipinski definition) is 1. The van der Waals surface area contributed by atoms with Gasteiger partial charge in [-0.15, -0.1) is 0 Å². The lowest BCUT2D eigenvalue weighted by Crippen LogP contribution is -2.11. The van der Waals surface area contributed by atoms with Crippen molar-refractivity contribution in [2.45, 2.75) is 32.6 Å². The highest BCUT2D eigenvalue weighted by Gasteiger charge is 2.10. The van der Waals surface area contributed by atoms with Gasteiger partial charge in [-0.05, 0) is 35.6 Å². The second-order valence-electron chi connectivity index (χ2n) is 6.26. The Balaban J connectivity index is 1.97. The van der Waals surface area contributed by atoms with Crippen LogP contribution in [0.5, 0.6) is 17.2 Å². The molecule has 0 aliphatic rings. The summed E-state index contributed by atoms with van der Waals surface area (Å²) in [7, 11) is 1.59. The average molecular weight is 358 g/mol. The number of ether oxygens (including phenoxy) is 3. The lowest BCUT2D eigenvalue weighted by Gasteiger charge is -2.15. The standard InChI is InChI=1S/C21H26O5/c1-15(2)18-6-4-5-7-19(18)25-12-13-26-20-14-17(24-3)10-8-16(20)9-11-21(22)23/h4-8,10,14-15H,9,11-13H2,1-3H3,(H,22,23). The number of methoxy groups -OCH3 is 1. The summed E-state index contributed by atoms with van der Waals surface area (Å²) in [5.74, 6) is 1.72. The number of carbonyl (C=O) groups is 1. The summed E-state index contributed by atoms with van der Waals surface area (Å²) in [4.78, 5) is 10.8. The van der Waals surface area contributed by atoms with E-state index in [4.69, 9.17) is 19.3 Å². The van der Waals surface area contributed by atoms with Crippen molar-refractivity contribution in [2.24, 2.45) is 0 Å². The van der Waals surface area contributed by atoms with Crippen LogP contribution in [-0.2, 0) is 11.2 Å². The molecule has 2 rings (SSSR count). The molecule has 0 bridgehead atoms. The first-order valence-electron chi connectivity index (χ1n) is 8.74. The summed E-state index contributed by atoms with van der Waals surface area (Å²) >= 11 is 0. The number of para-hydroxylation sites is 1. The average Bonchev–Trinajstić information content (AvgIpc) is 2.64. The zero-order valence-electron chi connectivity index (χ0n) is 15.5. The van der Waals surface area contributed by atoms with Crippen LogP contribution in [0.25, 0.3) is 0 Å².